The van der Waals surface area contributed by atoms with Crippen LogP contribution >= 0.6 is 0 Å². The highest BCUT2D eigenvalue weighted by Crippen LogP contribution is 2.40. The van der Waals surface area contributed by atoms with Crippen molar-refractivity contribution in [2.45, 2.75) is 39.4 Å². The Bertz CT molecular complexity index is 1230. The molecule has 0 spiro atoms. The molecular weight excluding hydrogens is 531 g/mol. The molecule has 221 valence electrons. The van der Waals surface area contributed by atoms with E-state index in [1.807, 2.05) is 48.1 Å². The average Bonchev–Trinajstić information content (AvgIpc) is 3.01. The summed E-state index contributed by atoms with van der Waals surface area (Å²) in [6.07, 6.45) is -1.48. The molecule has 1 amide bonds. The first-order valence-corrected chi connectivity index (χ1v) is 13.1. The van der Waals surface area contributed by atoms with E-state index < -0.39 is 23.4 Å². The lowest BCUT2D eigenvalue weighted by atomic mass is 9.83. The summed E-state index contributed by atoms with van der Waals surface area (Å²) in [5, 5.41) is 8.56. The Morgan fingerprint density at radius 2 is 1.63 bits per heavy atom. The zero-order valence-corrected chi connectivity index (χ0v) is 24.6. The van der Waals surface area contributed by atoms with Crippen molar-refractivity contribution in [2.75, 3.05) is 40.9 Å². The summed E-state index contributed by atoms with van der Waals surface area (Å²) >= 11 is 0. The number of methoxy groups -OCH3 is 1. The first-order chi connectivity index (χ1) is 19.6. The van der Waals surface area contributed by atoms with Crippen molar-refractivity contribution in [1.29, 1.82) is 5.26 Å². The lowest BCUT2D eigenvalue weighted by Crippen LogP contribution is -2.52. The molecular formula is C32H39F3N3O3. The fourth-order valence-corrected chi connectivity index (χ4v) is 4.28. The van der Waals surface area contributed by atoms with Crippen molar-refractivity contribution in [3.63, 3.8) is 0 Å². The summed E-state index contributed by atoms with van der Waals surface area (Å²) in [5.41, 5.74) is 2.22. The molecule has 1 unspecified atom stereocenters. The largest absolute Gasteiger partial charge is 0.388 e. The number of alkyl halides is 1. The highest BCUT2D eigenvalue weighted by atomic mass is 19.2. The third-order valence-corrected chi connectivity index (χ3v) is 6.72. The highest BCUT2D eigenvalue weighted by Gasteiger charge is 2.36. The second-order valence-electron chi connectivity index (χ2n) is 9.48. The molecule has 0 bridgehead atoms. The smallest absolute Gasteiger partial charge is 0.253 e. The highest BCUT2D eigenvalue weighted by molar-refractivity contribution is 5.95. The average molecular weight is 571 g/mol. The normalized spacial score (nSPS) is 19.1. The monoisotopic (exact) mass is 570 g/mol. The molecule has 2 atom stereocenters. The lowest BCUT2D eigenvalue weighted by Gasteiger charge is -2.37. The van der Waals surface area contributed by atoms with E-state index in [1.54, 1.807) is 21.1 Å². The fourth-order valence-electron chi connectivity index (χ4n) is 4.28. The van der Waals surface area contributed by atoms with Crippen LogP contribution in [-0.4, -0.2) is 75.6 Å². The minimum Gasteiger partial charge on any atom is -0.388 e. The maximum Gasteiger partial charge on any atom is 0.253 e. The quantitative estimate of drug-likeness (QED) is 0.420. The van der Waals surface area contributed by atoms with Crippen molar-refractivity contribution in [3.05, 3.63) is 88.9 Å². The number of benzene rings is 2. The van der Waals surface area contributed by atoms with Crippen LogP contribution in [-0.2, 0) is 9.53 Å². The van der Waals surface area contributed by atoms with Gasteiger partial charge < -0.3 is 19.3 Å². The van der Waals surface area contributed by atoms with Gasteiger partial charge in [0.25, 0.3) is 5.91 Å². The Labute approximate surface area is 241 Å². The number of halogens is 3. The van der Waals surface area contributed by atoms with Gasteiger partial charge in [-0.15, -0.1) is 0 Å². The van der Waals surface area contributed by atoms with E-state index in [2.05, 4.69) is 41.8 Å². The summed E-state index contributed by atoms with van der Waals surface area (Å²) in [6, 6.07) is 20.0. The van der Waals surface area contributed by atoms with E-state index in [-0.39, 0.29) is 23.8 Å². The van der Waals surface area contributed by atoms with Crippen LogP contribution < -0.4 is 0 Å². The standard InChI is InChI=1S/C19H22N2O.C10H9F3N.C2H6O.CH2O/c1-15-14-21(12-11-20(15)2)19(22)18-10-6-9-17(13-18)16-7-4-3-5-8-16;1-3-6-7(4-14)10(13)9(12)5(2)8(6)11;1-3-2;1-2/h3-10,13,15H,11-12,14H2,1-2H3;8H,3H2,1-2H3;1-2H3;1H2/t15-;;;/m0.../s1. The van der Waals surface area contributed by atoms with Gasteiger partial charge in [0.1, 0.15) is 13.0 Å². The Kier molecular flexibility index (Phi) is 15.4. The summed E-state index contributed by atoms with van der Waals surface area (Å²) < 4.78 is 43.8. The number of allylic oxidation sites excluding steroid dienone is 4. The van der Waals surface area contributed by atoms with Gasteiger partial charge in [-0.05, 0) is 50.6 Å². The first-order valence-electron chi connectivity index (χ1n) is 13.1. The van der Waals surface area contributed by atoms with Gasteiger partial charge in [-0.25, -0.2) is 13.2 Å². The number of nitriles is 1. The minimum atomic E-state index is -1.67. The van der Waals surface area contributed by atoms with Gasteiger partial charge in [-0.3, -0.25) is 4.79 Å². The zero-order chi connectivity index (χ0) is 31.1. The van der Waals surface area contributed by atoms with E-state index in [9.17, 15) is 18.0 Å². The van der Waals surface area contributed by atoms with Crippen molar-refractivity contribution < 1.29 is 27.5 Å². The number of piperazine rings is 1. The van der Waals surface area contributed by atoms with E-state index in [1.165, 1.54) is 13.0 Å². The Morgan fingerprint density at radius 1 is 1.05 bits per heavy atom. The molecule has 1 heterocycles. The Hall–Kier alpha value is -3.74. The Balaban J connectivity index is 0.000000381. The molecule has 1 saturated heterocycles. The number of hydrogen-bond donors (Lipinski definition) is 0. The number of rotatable bonds is 3. The number of likely N-dealkylation sites (N-methyl/N-ethyl adjacent to an activating group) is 1. The van der Waals surface area contributed by atoms with Crippen molar-refractivity contribution in [3.8, 4) is 17.2 Å². The summed E-state index contributed by atoms with van der Waals surface area (Å²) in [6.45, 7) is 9.48. The van der Waals surface area contributed by atoms with E-state index in [0.29, 0.717) is 6.04 Å². The summed E-state index contributed by atoms with van der Waals surface area (Å²) in [4.78, 5) is 25.0. The van der Waals surface area contributed by atoms with Crippen LogP contribution in [0.4, 0.5) is 13.2 Å². The van der Waals surface area contributed by atoms with Crippen LogP contribution in [0.1, 0.15) is 37.6 Å². The maximum atomic E-state index is 13.4. The molecule has 2 aliphatic rings. The van der Waals surface area contributed by atoms with Crippen molar-refractivity contribution in [1.82, 2.24) is 9.80 Å². The molecule has 0 saturated carbocycles. The minimum absolute atomic E-state index is 0.0175. The number of hydrogen-bond acceptors (Lipinski definition) is 5. The summed E-state index contributed by atoms with van der Waals surface area (Å²) in [7, 11) is 5.36. The molecule has 41 heavy (non-hydrogen) atoms. The van der Waals surface area contributed by atoms with Gasteiger partial charge in [-0.2, -0.15) is 5.26 Å². The van der Waals surface area contributed by atoms with Gasteiger partial charge in [0.05, 0.1) is 17.6 Å². The lowest BCUT2D eigenvalue weighted by molar-refractivity contribution is -0.0980. The summed E-state index contributed by atoms with van der Waals surface area (Å²) in [5.74, 6) is -2.33. The van der Waals surface area contributed by atoms with Crippen LogP contribution in [0.2, 0.25) is 0 Å². The SMILES string of the molecule is C=O.CC[C]1C(C#N)=C(F)C(F)=C(C)C1F.COC.C[C@H]1CN(C(=O)c2cccc(-c3ccccc3)c2)CCN1C. The third-order valence-electron chi connectivity index (χ3n) is 6.72. The molecule has 6 nitrogen and oxygen atoms in total. The van der Waals surface area contributed by atoms with Gasteiger partial charge >= 0.3 is 0 Å². The van der Waals surface area contributed by atoms with Crippen LogP contribution in [0.3, 0.4) is 0 Å². The number of carbonyl (C=O) groups excluding carboxylic acids is 2. The van der Waals surface area contributed by atoms with Gasteiger partial charge in [0.15, 0.2) is 11.7 Å². The zero-order valence-electron chi connectivity index (χ0n) is 24.6. The number of nitrogens with zero attached hydrogens (tertiary/aromatic N) is 3. The molecule has 9 heteroatoms. The van der Waals surface area contributed by atoms with Crippen molar-refractivity contribution >= 4 is 12.7 Å². The van der Waals surface area contributed by atoms with E-state index in [0.717, 1.165) is 36.3 Å². The van der Waals surface area contributed by atoms with Crippen LogP contribution in [0.25, 0.3) is 11.1 Å². The molecule has 2 aromatic rings. The van der Waals surface area contributed by atoms with Crippen molar-refractivity contribution in [2.24, 2.45) is 0 Å². The topological polar surface area (TPSA) is 73.6 Å². The molecule has 0 aromatic heterocycles. The predicted molar refractivity (Wildman–Crippen MR) is 156 cm³/mol. The van der Waals surface area contributed by atoms with E-state index in [4.69, 9.17) is 10.1 Å². The molecule has 1 radical (unpaired) electrons. The number of carbonyl (C=O) groups is 2. The number of amides is 1. The van der Waals surface area contributed by atoms with Gasteiger partial charge in [0.2, 0.25) is 0 Å². The van der Waals surface area contributed by atoms with Gasteiger partial charge in [0, 0.05) is 51.0 Å². The molecule has 1 aliphatic carbocycles. The van der Waals surface area contributed by atoms with Crippen LogP contribution in [0, 0.1) is 17.2 Å². The third kappa shape index (κ3) is 9.41. The van der Waals surface area contributed by atoms with Gasteiger partial charge in [-0.1, -0.05) is 49.4 Å². The predicted octanol–water partition coefficient (Wildman–Crippen LogP) is 6.52. The number of ether oxygens (including phenoxy) is 1. The molecule has 4 rings (SSSR count). The first kappa shape index (κ1) is 35.3. The second kappa shape index (κ2) is 17.8. The molecule has 1 fully saturated rings. The van der Waals surface area contributed by atoms with E-state index >= 15 is 0 Å². The fraction of sp³-hybridized carbons (Fsp3) is 0.375. The molecule has 1 aliphatic heterocycles. The van der Waals surface area contributed by atoms with Crippen LogP contribution in [0.15, 0.2) is 77.4 Å². The maximum absolute atomic E-state index is 13.4. The molecule has 0 N–H and O–H groups in total. The van der Waals surface area contributed by atoms with Crippen LogP contribution in [0.5, 0.6) is 0 Å². The second-order valence-corrected chi connectivity index (χ2v) is 9.48. The molecule has 2 aromatic carbocycles. The Morgan fingerprint density at radius 3 is 2.17 bits per heavy atom.